The van der Waals surface area contributed by atoms with Crippen LogP contribution in [0, 0.1) is 0 Å². The Morgan fingerprint density at radius 2 is 0.943 bits per heavy atom. The molecule has 4 heterocycles. The van der Waals surface area contributed by atoms with Gasteiger partial charge in [-0.05, 0) is 46.6 Å². The van der Waals surface area contributed by atoms with E-state index in [9.17, 15) is 0 Å². The smallest absolute Gasteiger partial charge is 0.664 e. The van der Waals surface area contributed by atoms with Crippen LogP contribution >= 0.6 is 0 Å². The molecule has 0 saturated heterocycles. The number of rotatable bonds is 4. The van der Waals surface area contributed by atoms with Crippen LogP contribution in [0.5, 0.6) is 0 Å². The predicted molar refractivity (Wildman–Crippen MR) is 140 cm³/mol. The molecule has 4 aromatic rings. The van der Waals surface area contributed by atoms with Crippen molar-refractivity contribution in [1.82, 2.24) is 9.97 Å². The molecule has 0 unspecified atom stereocenters. The van der Waals surface area contributed by atoms with E-state index < -0.39 is 0 Å². The standard InChI is InChI=1S/2C15H11N2.Cu/c2*1-2-6-12(7-3-1)15(13-8-4-10-16-13)14-9-5-11-17-14;/h2*1-11H;/q2*-1;+2/b2*15-13-;. The first-order valence-corrected chi connectivity index (χ1v) is 11.1. The zero-order valence-electron chi connectivity index (χ0n) is 18.8. The number of hydrogen-bond acceptors (Lipinski definition) is 2. The SMILES string of the molecule is C1=C/C(=C(\c2ccccc2)c2ccc[n-]2)N=C1.C1=C/C(=C(\c2ccccc2)c2ccc[n-]2)N=C1.[Cu+2]. The number of hydrogen-bond donors (Lipinski definition) is 0. The van der Waals surface area contributed by atoms with Crippen molar-refractivity contribution < 1.29 is 17.1 Å². The Balaban J connectivity index is 0.000000160. The fourth-order valence-electron chi connectivity index (χ4n) is 3.86. The van der Waals surface area contributed by atoms with Crippen LogP contribution in [0.25, 0.3) is 11.1 Å². The van der Waals surface area contributed by atoms with Crippen LogP contribution in [0.3, 0.4) is 0 Å². The molecule has 0 N–H and O–H groups in total. The second kappa shape index (κ2) is 11.8. The molecular formula is C30H22CuN4. The van der Waals surface area contributed by atoms with Gasteiger partial charge in [0.05, 0.1) is 11.4 Å². The first-order valence-electron chi connectivity index (χ1n) is 11.1. The van der Waals surface area contributed by atoms with Gasteiger partial charge < -0.3 is 9.97 Å². The van der Waals surface area contributed by atoms with Gasteiger partial charge in [0.1, 0.15) is 0 Å². The van der Waals surface area contributed by atoms with Gasteiger partial charge in [0.15, 0.2) is 0 Å². The van der Waals surface area contributed by atoms with Gasteiger partial charge in [-0.2, -0.15) is 12.4 Å². The summed E-state index contributed by atoms with van der Waals surface area (Å²) in [5.41, 5.74) is 8.32. The first kappa shape index (κ1) is 24.0. The van der Waals surface area contributed by atoms with E-state index in [0.29, 0.717) is 0 Å². The van der Waals surface area contributed by atoms with Crippen molar-refractivity contribution in [3.8, 4) is 0 Å². The van der Waals surface area contributed by atoms with Crippen molar-refractivity contribution >= 4 is 23.6 Å². The van der Waals surface area contributed by atoms with Crippen LogP contribution in [-0.4, -0.2) is 12.4 Å². The fourth-order valence-corrected chi connectivity index (χ4v) is 3.86. The van der Waals surface area contributed by atoms with Gasteiger partial charge in [0.2, 0.25) is 0 Å². The second-order valence-electron chi connectivity index (χ2n) is 7.57. The summed E-state index contributed by atoms with van der Waals surface area (Å²) in [7, 11) is 0. The fraction of sp³-hybridized carbons (Fsp3) is 0. The van der Waals surface area contributed by atoms with Crippen molar-refractivity contribution in [1.29, 1.82) is 0 Å². The van der Waals surface area contributed by atoms with Crippen LogP contribution in [0.15, 0.2) is 143 Å². The second-order valence-corrected chi connectivity index (χ2v) is 7.57. The van der Waals surface area contributed by atoms with Crippen LogP contribution in [0.2, 0.25) is 0 Å². The molecule has 0 spiro atoms. The van der Waals surface area contributed by atoms with Gasteiger partial charge in [-0.3, -0.25) is 9.98 Å². The third-order valence-corrected chi connectivity index (χ3v) is 5.36. The summed E-state index contributed by atoms with van der Waals surface area (Å²) in [6.07, 6.45) is 15.1. The molecule has 6 rings (SSSR count). The van der Waals surface area contributed by atoms with Crippen LogP contribution < -0.4 is 9.97 Å². The maximum Gasteiger partial charge on any atom is 2.00 e. The minimum Gasteiger partial charge on any atom is -0.664 e. The minimum absolute atomic E-state index is 0. The minimum atomic E-state index is 0. The number of aromatic nitrogens is 2. The summed E-state index contributed by atoms with van der Waals surface area (Å²) >= 11 is 0. The summed E-state index contributed by atoms with van der Waals surface area (Å²) in [4.78, 5) is 17.5. The summed E-state index contributed by atoms with van der Waals surface area (Å²) in [5.74, 6) is 0. The van der Waals surface area contributed by atoms with Crippen LogP contribution in [-0.2, 0) is 17.1 Å². The summed E-state index contributed by atoms with van der Waals surface area (Å²) in [6.45, 7) is 0. The number of allylic oxidation sites excluding steroid dienone is 4. The molecule has 173 valence electrons. The molecule has 2 aliphatic rings. The molecule has 2 aromatic carbocycles. The van der Waals surface area contributed by atoms with E-state index >= 15 is 0 Å². The third-order valence-electron chi connectivity index (χ3n) is 5.36. The van der Waals surface area contributed by atoms with Crippen LogP contribution in [0.4, 0.5) is 0 Å². The predicted octanol–water partition coefficient (Wildman–Crippen LogP) is 6.09. The first-order chi connectivity index (χ1) is 16.9. The molecular weight excluding hydrogens is 480 g/mol. The topological polar surface area (TPSA) is 52.9 Å². The van der Waals surface area contributed by atoms with Crippen molar-refractivity contribution in [3.63, 3.8) is 0 Å². The normalized spacial score (nSPS) is 16.0. The van der Waals surface area contributed by atoms with E-state index in [2.05, 4.69) is 44.2 Å². The average Bonchev–Trinajstić information content (AvgIpc) is 3.71. The van der Waals surface area contributed by atoms with E-state index in [1.165, 1.54) is 0 Å². The monoisotopic (exact) mass is 501 g/mol. The zero-order chi connectivity index (χ0) is 23.0. The Morgan fingerprint density at radius 3 is 1.26 bits per heavy atom. The Labute approximate surface area is 215 Å². The van der Waals surface area contributed by atoms with Gasteiger partial charge in [-0.25, -0.2) is 0 Å². The quantitative estimate of drug-likeness (QED) is 0.318. The van der Waals surface area contributed by atoms with Gasteiger partial charge >= 0.3 is 17.1 Å². The van der Waals surface area contributed by atoms with Crippen molar-refractivity contribution in [2.45, 2.75) is 0 Å². The van der Waals surface area contributed by atoms with E-state index in [0.717, 1.165) is 45.1 Å². The number of benzene rings is 2. The van der Waals surface area contributed by atoms with Crippen LogP contribution in [0.1, 0.15) is 22.5 Å². The maximum atomic E-state index is 4.37. The average molecular weight is 502 g/mol. The summed E-state index contributed by atoms with van der Waals surface area (Å²) in [5, 5.41) is 0. The van der Waals surface area contributed by atoms with Crippen molar-refractivity contribution in [2.24, 2.45) is 9.98 Å². The Morgan fingerprint density at radius 1 is 0.514 bits per heavy atom. The Bertz CT molecular complexity index is 1260. The molecule has 0 atom stereocenters. The summed E-state index contributed by atoms with van der Waals surface area (Å²) in [6, 6.07) is 28.4. The third kappa shape index (κ3) is 5.67. The molecule has 2 aromatic heterocycles. The Hall–Kier alpha value is -4.18. The number of aliphatic imine (C=N–C) groups is 2. The van der Waals surface area contributed by atoms with Gasteiger partial charge in [0, 0.05) is 12.4 Å². The van der Waals surface area contributed by atoms with E-state index in [1.54, 1.807) is 24.8 Å². The molecule has 5 heteroatoms. The molecule has 35 heavy (non-hydrogen) atoms. The molecule has 0 bridgehead atoms. The molecule has 0 saturated carbocycles. The van der Waals surface area contributed by atoms with E-state index in [1.807, 2.05) is 85.0 Å². The van der Waals surface area contributed by atoms with Gasteiger partial charge in [-0.1, -0.05) is 84.9 Å². The maximum absolute atomic E-state index is 4.37. The zero-order valence-corrected chi connectivity index (χ0v) is 19.7. The van der Waals surface area contributed by atoms with E-state index in [4.69, 9.17) is 0 Å². The molecule has 4 nitrogen and oxygen atoms in total. The molecule has 2 aliphatic heterocycles. The molecule has 0 fully saturated rings. The largest absolute Gasteiger partial charge is 2.00 e. The molecule has 0 amide bonds. The van der Waals surface area contributed by atoms with Gasteiger partial charge in [-0.15, -0.1) is 11.4 Å². The molecule has 0 aliphatic carbocycles. The Kier molecular flexibility index (Phi) is 8.08. The van der Waals surface area contributed by atoms with Crippen molar-refractivity contribution in [3.05, 3.63) is 156 Å². The van der Waals surface area contributed by atoms with Gasteiger partial charge in [0.25, 0.3) is 0 Å². The van der Waals surface area contributed by atoms with E-state index in [-0.39, 0.29) is 17.1 Å². The summed E-state index contributed by atoms with van der Waals surface area (Å²) < 4.78 is 0. The number of nitrogens with zero attached hydrogens (tertiary/aromatic N) is 4. The van der Waals surface area contributed by atoms with Crippen molar-refractivity contribution in [2.75, 3.05) is 0 Å². The molecule has 1 radical (unpaired) electrons.